The number of ketones is 1. The maximum atomic E-state index is 13.2. The molecule has 0 aliphatic heterocycles. The Morgan fingerprint density at radius 3 is 2.76 bits per heavy atom. The molecule has 2 aromatic carbocycles. The van der Waals surface area contributed by atoms with Gasteiger partial charge in [0.05, 0.1) is 24.6 Å². The first-order valence-corrected chi connectivity index (χ1v) is 9.22. The van der Waals surface area contributed by atoms with E-state index in [2.05, 4.69) is 15.1 Å². The van der Waals surface area contributed by atoms with Crippen LogP contribution < -0.4 is 4.74 Å². The van der Waals surface area contributed by atoms with E-state index in [-0.39, 0.29) is 5.78 Å². The van der Waals surface area contributed by atoms with E-state index in [1.165, 1.54) is 0 Å². The number of hydrogen-bond acceptors (Lipinski definition) is 4. The number of ether oxygens (including phenoxy) is 1. The van der Waals surface area contributed by atoms with Crippen molar-refractivity contribution in [2.75, 3.05) is 7.11 Å². The van der Waals surface area contributed by atoms with Crippen LogP contribution in [0.5, 0.6) is 5.75 Å². The topological polar surface area (TPSA) is 72.8 Å². The van der Waals surface area contributed by atoms with Gasteiger partial charge in [0.25, 0.3) is 0 Å². The summed E-state index contributed by atoms with van der Waals surface area (Å²) in [5, 5.41) is 5.03. The van der Waals surface area contributed by atoms with Gasteiger partial charge in [0, 0.05) is 34.7 Å². The number of rotatable bonds is 6. The van der Waals surface area contributed by atoms with Gasteiger partial charge in [0.1, 0.15) is 11.6 Å². The van der Waals surface area contributed by atoms with Crippen LogP contribution in [0.25, 0.3) is 17.3 Å². The average molecular weight is 405 g/mol. The second-order valence-electron chi connectivity index (χ2n) is 6.25. The molecule has 2 aromatic heterocycles. The molecule has 6 nitrogen and oxygen atoms in total. The van der Waals surface area contributed by atoms with Gasteiger partial charge in [-0.25, -0.2) is 9.67 Å². The molecule has 0 aliphatic carbocycles. The van der Waals surface area contributed by atoms with Gasteiger partial charge in [-0.2, -0.15) is 5.10 Å². The fraction of sp³-hybridized carbons (Fsp3) is 0.0455. The monoisotopic (exact) mass is 404 g/mol. The van der Waals surface area contributed by atoms with Crippen molar-refractivity contribution in [2.45, 2.75) is 0 Å². The van der Waals surface area contributed by atoms with Crippen LogP contribution in [-0.4, -0.2) is 32.6 Å². The highest BCUT2D eigenvalue weighted by molar-refractivity contribution is 6.31. The Labute approximate surface area is 172 Å². The van der Waals surface area contributed by atoms with Gasteiger partial charge in [0.15, 0.2) is 5.78 Å². The average Bonchev–Trinajstić information content (AvgIpc) is 3.44. The molecule has 0 radical (unpaired) electrons. The number of imidazole rings is 1. The van der Waals surface area contributed by atoms with Gasteiger partial charge in [0.2, 0.25) is 0 Å². The number of methoxy groups -OCH3 is 1. The molecule has 0 spiro atoms. The van der Waals surface area contributed by atoms with Crippen molar-refractivity contribution in [3.63, 3.8) is 0 Å². The molecule has 0 aliphatic rings. The zero-order valence-corrected chi connectivity index (χ0v) is 16.3. The Balaban J connectivity index is 1.72. The molecule has 144 valence electrons. The fourth-order valence-corrected chi connectivity index (χ4v) is 3.01. The van der Waals surface area contributed by atoms with E-state index in [4.69, 9.17) is 16.3 Å². The number of nitrogens with one attached hydrogen (secondary N) is 1. The normalized spacial score (nSPS) is 11.4. The van der Waals surface area contributed by atoms with Gasteiger partial charge < -0.3 is 9.72 Å². The van der Waals surface area contributed by atoms with E-state index in [9.17, 15) is 4.79 Å². The van der Waals surface area contributed by atoms with Crippen molar-refractivity contribution in [3.8, 4) is 11.4 Å². The Bertz CT molecular complexity index is 1160. The third-order valence-corrected chi connectivity index (χ3v) is 4.59. The highest BCUT2D eigenvalue weighted by Crippen LogP contribution is 2.23. The maximum Gasteiger partial charge on any atom is 0.196 e. The van der Waals surface area contributed by atoms with E-state index < -0.39 is 0 Å². The summed E-state index contributed by atoms with van der Waals surface area (Å²) in [5.41, 5.74) is 2.58. The van der Waals surface area contributed by atoms with Crippen molar-refractivity contribution < 1.29 is 9.53 Å². The van der Waals surface area contributed by atoms with E-state index in [0.29, 0.717) is 27.7 Å². The number of H-pyrrole nitrogens is 1. The molecule has 0 saturated carbocycles. The smallest absolute Gasteiger partial charge is 0.196 e. The Morgan fingerprint density at radius 1 is 1.21 bits per heavy atom. The summed E-state index contributed by atoms with van der Waals surface area (Å²) in [6.45, 7) is 0. The van der Waals surface area contributed by atoms with Crippen LogP contribution in [0.4, 0.5) is 0 Å². The van der Waals surface area contributed by atoms with Crippen molar-refractivity contribution in [2.24, 2.45) is 0 Å². The number of aromatic amines is 1. The standard InChI is InChI=1S/C22H17ClN4O2/c1-29-19-4-2-3-16(12-19)21(28)20(22-24-9-10-25-22)11-15-13-26-27(14-15)18-7-5-17(23)6-8-18/h2-14H,1H3,(H,24,25). The van der Waals surface area contributed by atoms with Gasteiger partial charge in [-0.3, -0.25) is 4.79 Å². The lowest BCUT2D eigenvalue weighted by Crippen LogP contribution is -2.04. The van der Waals surface area contributed by atoms with Gasteiger partial charge >= 0.3 is 0 Å². The molecular weight excluding hydrogens is 388 g/mol. The minimum Gasteiger partial charge on any atom is -0.497 e. The number of carbonyl (C=O) groups is 1. The number of benzene rings is 2. The molecule has 0 bridgehead atoms. The fourth-order valence-electron chi connectivity index (χ4n) is 2.89. The quantitative estimate of drug-likeness (QED) is 0.374. The first kappa shape index (κ1) is 18.7. The molecular formula is C22H17ClN4O2. The summed E-state index contributed by atoms with van der Waals surface area (Å²) in [6, 6.07) is 14.4. The Hall–Kier alpha value is -3.64. The summed E-state index contributed by atoms with van der Waals surface area (Å²) in [4.78, 5) is 20.5. The molecule has 29 heavy (non-hydrogen) atoms. The summed E-state index contributed by atoms with van der Waals surface area (Å²) >= 11 is 5.95. The minimum absolute atomic E-state index is 0.168. The number of hydrogen-bond donors (Lipinski definition) is 1. The number of carbonyl (C=O) groups excluding carboxylic acids is 1. The summed E-state index contributed by atoms with van der Waals surface area (Å²) in [7, 11) is 1.57. The van der Waals surface area contributed by atoms with Crippen molar-refractivity contribution >= 4 is 29.0 Å². The third kappa shape index (κ3) is 4.12. The van der Waals surface area contributed by atoms with Gasteiger partial charge in [-0.05, 0) is 42.5 Å². The minimum atomic E-state index is -0.168. The molecule has 0 amide bonds. The lowest BCUT2D eigenvalue weighted by atomic mass is 10.0. The van der Waals surface area contributed by atoms with Crippen LogP contribution in [0.2, 0.25) is 5.02 Å². The molecule has 1 N–H and O–H groups in total. The van der Waals surface area contributed by atoms with Crippen molar-refractivity contribution in [3.05, 3.63) is 95.3 Å². The second kappa shape index (κ2) is 8.16. The highest BCUT2D eigenvalue weighted by Gasteiger charge is 2.17. The molecule has 0 atom stereocenters. The Kier molecular flexibility index (Phi) is 5.27. The summed E-state index contributed by atoms with van der Waals surface area (Å²) in [6.07, 6.45) is 8.58. The van der Waals surface area contributed by atoms with Crippen LogP contribution in [0.3, 0.4) is 0 Å². The molecule has 4 rings (SSSR count). The second-order valence-corrected chi connectivity index (χ2v) is 6.69. The SMILES string of the molecule is COc1cccc(C(=O)C(=Cc2cnn(-c3ccc(Cl)cc3)c2)c2ncc[nH]2)c1. The predicted octanol–water partition coefficient (Wildman–Crippen LogP) is 4.68. The lowest BCUT2D eigenvalue weighted by molar-refractivity contribution is 0.105. The zero-order chi connectivity index (χ0) is 20.2. The van der Waals surface area contributed by atoms with Crippen LogP contribution in [0.15, 0.2) is 73.3 Å². The van der Waals surface area contributed by atoms with Crippen LogP contribution in [0, 0.1) is 0 Å². The first-order chi connectivity index (χ1) is 14.1. The number of aromatic nitrogens is 4. The molecule has 0 fully saturated rings. The number of halogens is 1. The van der Waals surface area contributed by atoms with Crippen molar-refractivity contribution in [1.82, 2.24) is 19.7 Å². The predicted molar refractivity (Wildman–Crippen MR) is 112 cm³/mol. The van der Waals surface area contributed by atoms with Crippen LogP contribution in [0.1, 0.15) is 21.7 Å². The van der Waals surface area contributed by atoms with Gasteiger partial charge in [-0.1, -0.05) is 23.7 Å². The number of Topliss-reactive ketones (excluding diaryl/α,β-unsaturated/α-hetero) is 1. The molecule has 0 saturated heterocycles. The molecule has 7 heteroatoms. The first-order valence-electron chi connectivity index (χ1n) is 8.85. The lowest BCUT2D eigenvalue weighted by Gasteiger charge is -2.06. The summed E-state index contributed by atoms with van der Waals surface area (Å²) < 4.78 is 6.96. The van der Waals surface area contributed by atoms with Gasteiger partial charge in [-0.15, -0.1) is 0 Å². The molecule has 2 heterocycles. The number of allylic oxidation sites excluding steroid dienone is 1. The third-order valence-electron chi connectivity index (χ3n) is 4.33. The van der Waals surface area contributed by atoms with E-state index >= 15 is 0 Å². The summed E-state index contributed by atoms with van der Waals surface area (Å²) in [5.74, 6) is 0.931. The maximum absolute atomic E-state index is 13.2. The van der Waals surface area contributed by atoms with Crippen LogP contribution >= 0.6 is 11.6 Å². The largest absolute Gasteiger partial charge is 0.497 e. The molecule has 4 aromatic rings. The highest BCUT2D eigenvalue weighted by atomic mass is 35.5. The zero-order valence-electron chi connectivity index (χ0n) is 15.5. The Morgan fingerprint density at radius 2 is 2.03 bits per heavy atom. The van der Waals surface area contributed by atoms with E-state index in [1.54, 1.807) is 72.9 Å². The van der Waals surface area contributed by atoms with E-state index in [0.717, 1.165) is 11.3 Å². The van der Waals surface area contributed by atoms with Crippen molar-refractivity contribution in [1.29, 1.82) is 0 Å². The molecule has 0 unspecified atom stereocenters. The van der Waals surface area contributed by atoms with Crippen LogP contribution in [-0.2, 0) is 0 Å². The van der Waals surface area contributed by atoms with E-state index in [1.807, 2.05) is 18.3 Å². The number of nitrogens with zero attached hydrogens (tertiary/aromatic N) is 3.